The predicted octanol–water partition coefficient (Wildman–Crippen LogP) is 6.56. The number of carbonyl (C=O) groups is 3. The Morgan fingerprint density at radius 3 is 2.41 bits per heavy atom. The van der Waals surface area contributed by atoms with E-state index in [0.29, 0.717) is 62.0 Å². The van der Waals surface area contributed by atoms with Crippen molar-refractivity contribution in [3.8, 4) is 11.5 Å². The van der Waals surface area contributed by atoms with Crippen LogP contribution >= 0.6 is 0 Å². The van der Waals surface area contributed by atoms with Gasteiger partial charge >= 0.3 is 12.3 Å². The second-order valence-electron chi connectivity index (χ2n) is 14.7. The van der Waals surface area contributed by atoms with Crippen LogP contribution in [0.25, 0.3) is 0 Å². The number of nitrogens with one attached hydrogen (secondary N) is 2. The van der Waals surface area contributed by atoms with Crippen molar-refractivity contribution in [2.24, 2.45) is 0 Å². The summed E-state index contributed by atoms with van der Waals surface area (Å²) in [6.45, 7) is 12.7. The SMILES string of the molecule is COc1cnc(NC(=O)c2cc(C(=O)N[C@H]3CCOC3)c(O[C@H](CN3CCN(C(=O)OC(C)(C)C)[C@H](C)C3)c3cccc(C(F)(F)F)c3)cc2C)c(C)c1. The number of pyridine rings is 1. The Morgan fingerprint density at radius 2 is 1.78 bits per heavy atom. The lowest BCUT2D eigenvalue weighted by Gasteiger charge is -2.41. The third kappa shape index (κ3) is 10.2. The summed E-state index contributed by atoms with van der Waals surface area (Å²) in [5, 5.41) is 5.74. The third-order valence-electron chi connectivity index (χ3n) is 9.22. The van der Waals surface area contributed by atoms with Crippen molar-refractivity contribution < 1.29 is 46.5 Å². The Morgan fingerprint density at radius 1 is 1.02 bits per heavy atom. The molecule has 1 aromatic heterocycles. The number of nitrogens with zero attached hydrogens (tertiary/aromatic N) is 3. The van der Waals surface area contributed by atoms with E-state index >= 15 is 0 Å². The van der Waals surface area contributed by atoms with Gasteiger partial charge in [0, 0.05) is 44.4 Å². The molecule has 15 heteroatoms. The molecule has 2 aromatic carbocycles. The van der Waals surface area contributed by atoms with Crippen LogP contribution in [-0.4, -0.2) is 96.9 Å². The number of aryl methyl sites for hydroxylation is 2. The first kappa shape index (κ1) is 40.3. The molecule has 2 fully saturated rings. The topological polar surface area (TPSA) is 132 Å². The molecular weight excluding hydrogens is 707 g/mol. The van der Waals surface area contributed by atoms with Crippen molar-refractivity contribution in [3.63, 3.8) is 0 Å². The number of anilines is 1. The molecule has 292 valence electrons. The fraction of sp³-hybridized carbons (Fsp3) is 0.487. The molecule has 2 saturated heterocycles. The summed E-state index contributed by atoms with van der Waals surface area (Å²) in [6.07, 6.45) is -3.98. The number of piperazine rings is 1. The highest BCUT2D eigenvalue weighted by Crippen LogP contribution is 2.35. The third-order valence-corrected chi connectivity index (χ3v) is 9.22. The van der Waals surface area contributed by atoms with Gasteiger partial charge in [0.2, 0.25) is 0 Å². The van der Waals surface area contributed by atoms with Crippen molar-refractivity contribution in [2.75, 3.05) is 51.8 Å². The maximum Gasteiger partial charge on any atom is 0.416 e. The Hall–Kier alpha value is -4.89. The first-order valence-electron chi connectivity index (χ1n) is 17.8. The molecule has 0 saturated carbocycles. The molecule has 2 N–H and O–H groups in total. The minimum atomic E-state index is -4.61. The molecule has 0 bridgehead atoms. The van der Waals surface area contributed by atoms with E-state index in [-0.39, 0.29) is 41.1 Å². The fourth-order valence-corrected chi connectivity index (χ4v) is 6.38. The van der Waals surface area contributed by atoms with Crippen LogP contribution < -0.4 is 20.1 Å². The summed E-state index contributed by atoms with van der Waals surface area (Å²) < 4.78 is 64.7. The van der Waals surface area contributed by atoms with Gasteiger partial charge in [-0.1, -0.05) is 12.1 Å². The highest BCUT2D eigenvalue weighted by atomic mass is 19.4. The Labute approximate surface area is 313 Å². The van der Waals surface area contributed by atoms with E-state index in [1.54, 1.807) is 57.7 Å². The maximum atomic E-state index is 13.9. The number of carbonyl (C=O) groups excluding carboxylic acids is 3. The standard InChI is InChI=1S/C39H48F3N5O7/c1-23-16-32(31(36(49)44-28-11-14-52-22-28)18-30(23)35(48)45-34-24(2)15-29(51-7)19-43-34)53-33(26-9-8-10-27(17-26)39(40,41)42)21-46-12-13-47(25(3)20-46)37(50)54-38(4,5)6/h8-10,15-19,25,28,33H,11-14,20-22H2,1-7H3,(H,44,49)(H,43,45,48)/t25-,28+,33-/m1/s1. The summed E-state index contributed by atoms with van der Waals surface area (Å²) in [6, 6.07) is 9.05. The van der Waals surface area contributed by atoms with Gasteiger partial charge in [-0.3, -0.25) is 14.5 Å². The van der Waals surface area contributed by atoms with E-state index in [2.05, 4.69) is 15.6 Å². The molecule has 2 aliphatic rings. The summed E-state index contributed by atoms with van der Waals surface area (Å²) in [7, 11) is 1.51. The summed E-state index contributed by atoms with van der Waals surface area (Å²) >= 11 is 0. The lowest BCUT2D eigenvalue weighted by atomic mass is 10.0. The van der Waals surface area contributed by atoms with Crippen LogP contribution in [0.15, 0.2) is 48.7 Å². The Kier molecular flexibility index (Phi) is 12.4. The lowest BCUT2D eigenvalue weighted by Crippen LogP contribution is -2.55. The van der Waals surface area contributed by atoms with Crippen LogP contribution in [-0.2, 0) is 15.7 Å². The number of hydrogen-bond donors (Lipinski definition) is 2. The summed E-state index contributed by atoms with van der Waals surface area (Å²) in [5.74, 6) is -0.143. The number of ether oxygens (including phenoxy) is 4. The number of aromatic nitrogens is 1. The molecule has 2 aliphatic heterocycles. The maximum absolute atomic E-state index is 13.9. The first-order valence-corrected chi connectivity index (χ1v) is 17.8. The molecule has 0 aliphatic carbocycles. The van der Waals surface area contributed by atoms with Gasteiger partial charge in [0.15, 0.2) is 0 Å². The van der Waals surface area contributed by atoms with E-state index in [4.69, 9.17) is 18.9 Å². The average Bonchev–Trinajstić information content (AvgIpc) is 3.60. The van der Waals surface area contributed by atoms with Gasteiger partial charge in [0.25, 0.3) is 11.8 Å². The van der Waals surface area contributed by atoms with Gasteiger partial charge < -0.3 is 34.5 Å². The van der Waals surface area contributed by atoms with Gasteiger partial charge in [-0.2, -0.15) is 13.2 Å². The first-order chi connectivity index (χ1) is 25.4. The van der Waals surface area contributed by atoms with Crippen LogP contribution in [0, 0.1) is 13.8 Å². The molecule has 0 unspecified atom stereocenters. The minimum absolute atomic E-state index is 0.0251. The zero-order valence-electron chi connectivity index (χ0n) is 31.6. The van der Waals surface area contributed by atoms with Crippen molar-refractivity contribution in [3.05, 3.63) is 82.0 Å². The molecule has 0 spiro atoms. The molecule has 12 nitrogen and oxygen atoms in total. The zero-order chi connectivity index (χ0) is 39.4. The van der Waals surface area contributed by atoms with Crippen LogP contribution in [0.2, 0.25) is 0 Å². The molecule has 0 radical (unpaired) electrons. The Balaban J connectivity index is 1.49. The molecule has 3 amide bonds. The smallest absolute Gasteiger partial charge is 0.416 e. The van der Waals surface area contributed by atoms with Crippen molar-refractivity contribution in [1.82, 2.24) is 20.1 Å². The van der Waals surface area contributed by atoms with Gasteiger partial charge in [0.1, 0.15) is 29.0 Å². The van der Waals surface area contributed by atoms with Crippen molar-refractivity contribution in [1.29, 1.82) is 0 Å². The van der Waals surface area contributed by atoms with Gasteiger partial charge in [0.05, 0.1) is 37.1 Å². The van der Waals surface area contributed by atoms with E-state index in [1.807, 2.05) is 11.8 Å². The second kappa shape index (κ2) is 16.6. The summed E-state index contributed by atoms with van der Waals surface area (Å²) in [4.78, 5) is 48.4. The monoisotopic (exact) mass is 755 g/mol. The van der Waals surface area contributed by atoms with E-state index < -0.39 is 41.4 Å². The number of halogens is 3. The van der Waals surface area contributed by atoms with Gasteiger partial charge in [-0.25, -0.2) is 9.78 Å². The van der Waals surface area contributed by atoms with Crippen LogP contribution in [0.5, 0.6) is 11.5 Å². The molecule has 3 aromatic rings. The quantitative estimate of drug-likeness (QED) is 0.236. The van der Waals surface area contributed by atoms with Crippen LogP contribution in [0.1, 0.15) is 83.2 Å². The normalized spacial score (nSPS) is 18.5. The van der Waals surface area contributed by atoms with E-state index in [9.17, 15) is 27.6 Å². The van der Waals surface area contributed by atoms with Gasteiger partial charge in [-0.15, -0.1) is 0 Å². The van der Waals surface area contributed by atoms with E-state index in [1.165, 1.54) is 25.4 Å². The largest absolute Gasteiger partial charge is 0.495 e. The molecule has 3 heterocycles. The number of benzene rings is 2. The number of amides is 3. The average molecular weight is 756 g/mol. The molecule has 54 heavy (non-hydrogen) atoms. The highest BCUT2D eigenvalue weighted by molar-refractivity contribution is 6.08. The number of alkyl halides is 3. The fourth-order valence-electron chi connectivity index (χ4n) is 6.38. The van der Waals surface area contributed by atoms with Crippen LogP contribution in [0.4, 0.5) is 23.8 Å². The minimum Gasteiger partial charge on any atom is -0.495 e. The van der Waals surface area contributed by atoms with Gasteiger partial charge in [-0.05, 0) is 95.0 Å². The molecule has 3 atom stereocenters. The summed E-state index contributed by atoms with van der Waals surface area (Å²) in [5.41, 5.74) is 0.0311. The second-order valence-corrected chi connectivity index (χ2v) is 14.7. The lowest BCUT2D eigenvalue weighted by molar-refractivity contribution is -0.137. The molecular formula is C39H48F3N5O7. The predicted molar refractivity (Wildman–Crippen MR) is 195 cm³/mol. The highest BCUT2D eigenvalue weighted by Gasteiger charge is 2.35. The van der Waals surface area contributed by atoms with Crippen LogP contribution in [0.3, 0.4) is 0 Å². The zero-order valence-corrected chi connectivity index (χ0v) is 31.6. The van der Waals surface area contributed by atoms with E-state index in [0.717, 1.165) is 12.1 Å². The Bertz CT molecular complexity index is 1840. The number of hydrogen-bond acceptors (Lipinski definition) is 9. The van der Waals surface area contributed by atoms with Crippen molar-refractivity contribution in [2.45, 2.75) is 77.9 Å². The number of rotatable bonds is 10. The van der Waals surface area contributed by atoms with Crippen molar-refractivity contribution >= 4 is 23.7 Å². The number of methoxy groups -OCH3 is 1. The molecule has 5 rings (SSSR count).